The second kappa shape index (κ2) is 12.7. The number of thiophene rings is 1. The number of fused-ring (bicyclic) bond motifs is 1. The van der Waals surface area contributed by atoms with Gasteiger partial charge in [-0.15, -0.1) is 11.3 Å². The molecule has 1 heterocycles. The molecule has 0 unspecified atom stereocenters. The summed E-state index contributed by atoms with van der Waals surface area (Å²) in [6, 6.07) is 2.26. The largest absolute Gasteiger partial charge is 0.149 e. The van der Waals surface area contributed by atoms with Crippen LogP contribution in [-0.4, -0.2) is 0 Å². The van der Waals surface area contributed by atoms with Gasteiger partial charge in [0.1, 0.15) is 0 Å². The quantitative estimate of drug-likeness (QED) is 0.548. The lowest BCUT2D eigenvalue weighted by Gasteiger charge is -1.79. The van der Waals surface area contributed by atoms with Gasteiger partial charge in [-0.05, 0) is 36.3 Å². The molecule has 0 radical (unpaired) electrons. The fourth-order valence-corrected chi connectivity index (χ4v) is 2.23. The molecule has 2 rings (SSSR count). The zero-order valence-corrected chi connectivity index (χ0v) is 11.5. The Morgan fingerprint density at radius 1 is 0.929 bits per heavy atom. The fraction of sp³-hybridized carbons (Fsp3) is 0.692. The van der Waals surface area contributed by atoms with Crippen molar-refractivity contribution in [2.75, 3.05) is 0 Å². The summed E-state index contributed by atoms with van der Waals surface area (Å²) in [5.74, 6) is 0. The highest BCUT2D eigenvalue weighted by Gasteiger charge is 2.09. The summed E-state index contributed by atoms with van der Waals surface area (Å²) in [7, 11) is 0. The maximum Gasteiger partial charge on any atom is 0.00773 e. The molecule has 0 saturated carbocycles. The van der Waals surface area contributed by atoms with Gasteiger partial charge in [0.05, 0.1) is 0 Å². The van der Waals surface area contributed by atoms with E-state index in [0.29, 0.717) is 0 Å². The molecule has 1 aliphatic carbocycles. The summed E-state index contributed by atoms with van der Waals surface area (Å²) < 4.78 is 0. The number of hydrogen-bond donors (Lipinski definition) is 0. The second-order valence-corrected chi connectivity index (χ2v) is 3.22. The Balaban J connectivity index is 0. The molecule has 84 valence electrons. The zero-order chi connectivity index (χ0) is 11.4. The molecule has 0 aromatic carbocycles. The van der Waals surface area contributed by atoms with Crippen LogP contribution in [-0.2, 0) is 12.8 Å². The summed E-state index contributed by atoms with van der Waals surface area (Å²) in [6.07, 6.45) is 4.06. The van der Waals surface area contributed by atoms with E-state index >= 15 is 0 Å². The van der Waals surface area contributed by atoms with Crippen LogP contribution in [0.5, 0.6) is 0 Å². The van der Waals surface area contributed by atoms with E-state index in [1.54, 1.807) is 10.4 Å². The molecule has 0 saturated heterocycles. The van der Waals surface area contributed by atoms with Crippen LogP contribution in [0.15, 0.2) is 11.4 Å². The Labute approximate surface area is 94.4 Å². The van der Waals surface area contributed by atoms with E-state index in [1.807, 2.05) is 52.9 Å². The van der Waals surface area contributed by atoms with E-state index in [2.05, 4.69) is 11.4 Å². The molecule has 14 heavy (non-hydrogen) atoms. The predicted molar refractivity (Wildman–Crippen MR) is 70.4 cm³/mol. The molecule has 1 heteroatoms. The Bertz CT molecular complexity index is 170. The van der Waals surface area contributed by atoms with Gasteiger partial charge in [-0.3, -0.25) is 0 Å². The van der Waals surface area contributed by atoms with Crippen molar-refractivity contribution in [2.45, 2.75) is 60.8 Å². The average Bonchev–Trinajstić information content (AvgIpc) is 2.89. The zero-order valence-electron chi connectivity index (χ0n) is 10.7. The third-order valence-electron chi connectivity index (χ3n) is 1.69. The Morgan fingerprint density at radius 2 is 1.50 bits per heavy atom. The van der Waals surface area contributed by atoms with E-state index in [1.165, 1.54) is 19.3 Å². The lowest BCUT2D eigenvalue weighted by atomic mass is 10.3. The number of hydrogen-bond acceptors (Lipinski definition) is 1. The maximum atomic E-state index is 2.26. The summed E-state index contributed by atoms with van der Waals surface area (Å²) in [5.41, 5.74) is 1.61. The second-order valence-electron chi connectivity index (χ2n) is 2.22. The van der Waals surface area contributed by atoms with E-state index in [4.69, 9.17) is 0 Å². The Hall–Kier alpha value is -0.300. The van der Waals surface area contributed by atoms with Crippen molar-refractivity contribution in [3.05, 3.63) is 21.9 Å². The third-order valence-corrected chi connectivity index (χ3v) is 2.71. The molecule has 0 spiro atoms. The molecule has 0 bridgehead atoms. The van der Waals surface area contributed by atoms with Gasteiger partial charge >= 0.3 is 0 Å². The smallest absolute Gasteiger partial charge is 0.00773 e. The van der Waals surface area contributed by atoms with Gasteiger partial charge in [-0.2, -0.15) is 0 Å². The minimum atomic E-state index is 1.33. The van der Waals surface area contributed by atoms with Crippen molar-refractivity contribution in [3.63, 3.8) is 0 Å². The molecule has 0 fully saturated rings. The van der Waals surface area contributed by atoms with Crippen molar-refractivity contribution in [3.8, 4) is 0 Å². The molecule has 1 aromatic heterocycles. The monoisotopic (exact) mass is 214 g/mol. The van der Waals surface area contributed by atoms with Crippen LogP contribution in [0.3, 0.4) is 0 Å². The molecule has 0 N–H and O–H groups in total. The van der Waals surface area contributed by atoms with Crippen molar-refractivity contribution in [2.24, 2.45) is 0 Å². The van der Waals surface area contributed by atoms with Crippen LogP contribution >= 0.6 is 11.3 Å². The first-order valence-corrected chi connectivity index (χ1v) is 6.90. The minimum absolute atomic E-state index is 1.33. The van der Waals surface area contributed by atoms with Crippen molar-refractivity contribution in [1.29, 1.82) is 0 Å². The summed E-state index contributed by atoms with van der Waals surface area (Å²) >= 11 is 1.91. The van der Waals surface area contributed by atoms with Gasteiger partial charge in [-0.1, -0.05) is 41.5 Å². The van der Waals surface area contributed by atoms with Crippen molar-refractivity contribution < 1.29 is 0 Å². The SMILES string of the molecule is CC.CC.CC.c1cc2c(s1)CCC2. The van der Waals surface area contributed by atoms with Gasteiger partial charge in [0.25, 0.3) is 0 Å². The first-order chi connectivity index (χ1) is 6.97. The van der Waals surface area contributed by atoms with Gasteiger partial charge < -0.3 is 0 Å². The normalized spacial score (nSPS) is 10.7. The number of aryl methyl sites for hydroxylation is 2. The van der Waals surface area contributed by atoms with Gasteiger partial charge in [-0.25, -0.2) is 0 Å². The first-order valence-electron chi connectivity index (χ1n) is 6.02. The molecule has 0 amide bonds. The molecule has 0 aliphatic heterocycles. The van der Waals surface area contributed by atoms with Crippen LogP contribution in [0, 0.1) is 0 Å². The topological polar surface area (TPSA) is 0 Å². The van der Waals surface area contributed by atoms with Crippen LogP contribution < -0.4 is 0 Å². The highest BCUT2D eigenvalue weighted by Crippen LogP contribution is 2.26. The van der Waals surface area contributed by atoms with Gasteiger partial charge in [0.2, 0.25) is 0 Å². The number of rotatable bonds is 0. The van der Waals surface area contributed by atoms with Crippen molar-refractivity contribution >= 4 is 11.3 Å². The van der Waals surface area contributed by atoms with Gasteiger partial charge in [0.15, 0.2) is 0 Å². The van der Waals surface area contributed by atoms with Gasteiger partial charge in [0, 0.05) is 4.88 Å². The molecule has 1 aliphatic rings. The minimum Gasteiger partial charge on any atom is -0.149 e. The molecular weight excluding hydrogens is 188 g/mol. The maximum absolute atomic E-state index is 2.26. The lowest BCUT2D eigenvalue weighted by molar-refractivity contribution is 0.915. The molecule has 1 aromatic rings. The molecule has 0 nitrogen and oxygen atoms in total. The Kier molecular flexibility index (Phi) is 14.6. The van der Waals surface area contributed by atoms with Crippen LogP contribution in [0.4, 0.5) is 0 Å². The highest BCUT2D eigenvalue weighted by atomic mass is 32.1. The molecular formula is C13H26S. The van der Waals surface area contributed by atoms with E-state index in [0.717, 1.165) is 0 Å². The van der Waals surface area contributed by atoms with E-state index < -0.39 is 0 Å². The Morgan fingerprint density at radius 3 is 2.00 bits per heavy atom. The summed E-state index contributed by atoms with van der Waals surface area (Å²) in [4.78, 5) is 1.63. The predicted octanol–water partition coefficient (Wildman–Crippen LogP) is 5.32. The van der Waals surface area contributed by atoms with E-state index in [9.17, 15) is 0 Å². The third kappa shape index (κ3) is 5.43. The fourth-order valence-electron chi connectivity index (χ4n) is 1.25. The van der Waals surface area contributed by atoms with E-state index in [-0.39, 0.29) is 0 Å². The summed E-state index contributed by atoms with van der Waals surface area (Å²) in [5, 5.41) is 2.20. The average molecular weight is 214 g/mol. The van der Waals surface area contributed by atoms with Crippen LogP contribution in [0.2, 0.25) is 0 Å². The molecule has 0 atom stereocenters. The highest BCUT2D eigenvalue weighted by molar-refractivity contribution is 7.10. The lowest BCUT2D eigenvalue weighted by Crippen LogP contribution is -1.66. The standard InChI is InChI=1S/C7H8S.3C2H6/c1-2-6-4-5-8-7(6)3-1;3*1-2/h4-5H,1-3H2;3*1-2H3. The van der Waals surface area contributed by atoms with Crippen molar-refractivity contribution in [1.82, 2.24) is 0 Å². The first kappa shape index (κ1) is 16.1. The summed E-state index contributed by atoms with van der Waals surface area (Å²) in [6.45, 7) is 12.0. The van der Waals surface area contributed by atoms with Crippen LogP contribution in [0.1, 0.15) is 58.4 Å². The van der Waals surface area contributed by atoms with Crippen LogP contribution in [0.25, 0.3) is 0 Å².